The maximum absolute atomic E-state index is 8.88. The Morgan fingerprint density at radius 3 is 1.46 bits per heavy atom. The minimum Gasteiger partial charge on any atom is -0.342 e. The van der Waals surface area contributed by atoms with Gasteiger partial charge in [0.25, 0.3) is 0 Å². The largest absolute Gasteiger partial charge is 0.466 e. The van der Waals surface area contributed by atoms with Crippen molar-refractivity contribution >= 4 is 34.6 Å². The molecule has 0 saturated carbocycles. The fraction of sp³-hybridized carbons (Fsp3) is 0. The molecule has 2 heterocycles. The van der Waals surface area contributed by atoms with E-state index in [0.29, 0.717) is 5.65 Å². The minimum absolute atomic E-state index is 0.713. The van der Waals surface area contributed by atoms with Gasteiger partial charge in [0.1, 0.15) is 11.8 Å². The van der Waals surface area contributed by atoms with Crippen molar-refractivity contribution in [2.24, 2.45) is 0 Å². The van der Waals surface area contributed by atoms with Gasteiger partial charge in [-0.25, -0.2) is 28.6 Å². The first-order valence-corrected chi connectivity index (χ1v) is 9.60. The number of H-pyrrole nitrogens is 1. The van der Waals surface area contributed by atoms with Crippen LogP contribution in [0.1, 0.15) is 0 Å². The summed E-state index contributed by atoms with van der Waals surface area (Å²) < 4.78 is 26.6. The molecular formula is C5H13N4O12P3. The summed E-state index contributed by atoms with van der Waals surface area (Å²) in [5.74, 6) is 0. The van der Waals surface area contributed by atoms with Gasteiger partial charge in [0.05, 0.1) is 12.5 Å². The number of rotatable bonds is 0. The highest BCUT2D eigenvalue weighted by Crippen LogP contribution is 2.26. The highest BCUT2D eigenvalue weighted by molar-refractivity contribution is 7.45. The van der Waals surface area contributed by atoms with Crippen LogP contribution in [0.4, 0.5) is 0 Å². The summed E-state index contributed by atoms with van der Waals surface area (Å²) in [4.78, 5) is 79.2. The van der Waals surface area contributed by atoms with Crippen LogP contribution in [0, 0.1) is 0 Å². The predicted molar refractivity (Wildman–Crippen MR) is 74.5 cm³/mol. The van der Waals surface area contributed by atoms with Crippen LogP contribution >= 0.6 is 23.5 Å². The SMILES string of the molecule is O=P(O)(O)O.O=P(O)(O)O.O=P(O)(O)O.c1ncc2[nH]cnc2n1. The number of hydrogen-bond donors (Lipinski definition) is 10. The molecule has 0 fully saturated rings. The monoisotopic (exact) mass is 414 g/mol. The zero-order valence-corrected chi connectivity index (χ0v) is 13.8. The van der Waals surface area contributed by atoms with Gasteiger partial charge in [0.15, 0.2) is 5.65 Å². The molecule has 0 aliphatic heterocycles. The van der Waals surface area contributed by atoms with Gasteiger partial charge in [-0.2, -0.15) is 0 Å². The van der Waals surface area contributed by atoms with E-state index in [0.717, 1.165) is 5.52 Å². The average Bonchev–Trinajstić information content (AvgIpc) is 2.69. The summed E-state index contributed by atoms with van der Waals surface area (Å²) in [6.45, 7) is 0. The molecule has 0 saturated heterocycles. The van der Waals surface area contributed by atoms with Crippen LogP contribution in [-0.4, -0.2) is 64.0 Å². The Morgan fingerprint density at radius 1 is 0.750 bits per heavy atom. The molecule has 16 nitrogen and oxygen atoms in total. The van der Waals surface area contributed by atoms with E-state index in [-0.39, 0.29) is 0 Å². The van der Waals surface area contributed by atoms with Crippen molar-refractivity contribution in [1.29, 1.82) is 0 Å². The first-order valence-electron chi connectivity index (χ1n) is 4.91. The van der Waals surface area contributed by atoms with Crippen molar-refractivity contribution < 1.29 is 57.7 Å². The molecule has 0 aliphatic rings. The molecule has 2 aromatic rings. The Balaban J connectivity index is 0. The number of nitrogens with one attached hydrogen (secondary N) is 1. The molecule has 0 amide bonds. The van der Waals surface area contributed by atoms with Crippen LogP contribution in [0.2, 0.25) is 0 Å². The summed E-state index contributed by atoms with van der Waals surface area (Å²) in [5, 5.41) is 0. The molecule has 24 heavy (non-hydrogen) atoms. The molecule has 2 aromatic heterocycles. The summed E-state index contributed by atoms with van der Waals surface area (Å²) in [6, 6.07) is 0. The van der Waals surface area contributed by atoms with Gasteiger partial charge in [-0.15, -0.1) is 0 Å². The van der Waals surface area contributed by atoms with Crippen molar-refractivity contribution in [2.45, 2.75) is 0 Å². The molecule has 0 bridgehead atoms. The molecule has 10 N–H and O–H groups in total. The molecular weight excluding hydrogens is 401 g/mol. The van der Waals surface area contributed by atoms with E-state index in [1.165, 1.54) is 6.33 Å². The molecule has 0 aliphatic carbocycles. The first kappa shape index (κ1) is 25.1. The molecule has 0 aromatic carbocycles. The van der Waals surface area contributed by atoms with E-state index < -0.39 is 23.5 Å². The van der Waals surface area contributed by atoms with Crippen LogP contribution in [0.25, 0.3) is 11.2 Å². The van der Waals surface area contributed by atoms with E-state index >= 15 is 0 Å². The number of nitrogens with zero attached hydrogens (tertiary/aromatic N) is 3. The normalized spacial score (nSPS) is 11.2. The van der Waals surface area contributed by atoms with Gasteiger partial charge in [-0.05, 0) is 0 Å². The Labute approximate surface area is 132 Å². The van der Waals surface area contributed by atoms with Gasteiger partial charge >= 0.3 is 23.5 Å². The van der Waals surface area contributed by atoms with Gasteiger partial charge in [-0.1, -0.05) is 0 Å². The van der Waals surface area contributed by atoms with E-state index in [1.807, 2.05) is 0 Å². The van der Waals surface area contributed by atoms with E-state index in [1.54, 1.807) is 12.5 Å². The highest BCUT2D eigenvalue weighted by Gasteiger charge is 2.01. The number of aromatic nitrogens is 4. The quantitative estimate of drug-likeness (QED) is 0.200. The second-order valence-electron chi connectivity index (χ2n) is 3.20. The Kier molecular flexibility index (Phi) is 11.2. The number of aromatic amines is 1. The summed E-state index contributed by atoms with van der Waals surface area (Å²) in [5.41, 5.74) is 1.59. The number of fused-ring (bicyclic) bond motifs is 1. The van der Waals surface area contributed by atoms with Crippen molar-refractivity contribution in [2.75, 3.05) is 0 Å². The molecule has 2 rings (SSSR count). The Morgan fingerprint density at radius 2 is 1.12 bits per heavy atom. The fourth-order valence-electron chi connectivity index (χ4n) is 0.691. The van der Waals surface area contributed by atoms with Crippen LogP contribution in [-0.2, 0) is 13.7 Å². The molecule has 0 atom stereocenters. The Bertz CT molecular complexity index is 629. The highest BCUT2D eigenvalue weighted by atomic mass is 31.2. The maximum atomic E-state index is 8.88. The van der Waals surface area contributed by atoms with Crippen molar-refractivity contribution in [3.63, 3.8) is 0 Å². The van der Waals surface area contributed by atoms with Crippen LogP contribution < -0.4 is 0 Å². The van der Waals surface area contributed by atoms with Crippen molar-refractivity contribution in [3.05, 3.63) is 18.9 Å². The smallest absolute Gasteiger partial charge is 0.342 e. The fourth-order valence-corrected chi connectivity index (χ4v) is 0.691. The minimum atomic E-state index is -4.64. The molecule has 140 valence electrons. The molecule has 0 radical (unpaired) electrons. The second-order valence-corrected chi connectivity index (χ2v) is 6.28. The van der Waals surface area contributed by atoms with Crippen LogP contribution in [0.3, 0.4) is 0 Å². The maximum Gasteiger partial charge on any atom is 0.466 e. The van der Waals surface area contributed by atoms with Gasteiger partial charge in [0.2, 0.25) is 0 Å². The first-order chi connectivity index (χ1) is 10.5. The van der Waals surface area contributed by atoms with Gasteiger partial charge in [0, 0.05) is 0 Å². The van der Waals surface area contributed by atoms with Gasteiger partial charge in [-0.3, -0.25) is 0 Å². The van der Waals surface area contributed by atoms with Crippen molar-refractivity contribution in [1.82, 2.24) is 19.9 Å². The number of imidazole rings is 1. The average molecular weight is 414 g/mol. The lowest BCUT2D eigenvalue weighted by Crippen LogP contribution is -1.76. The lowest BCUT2D eigenvalue weighted by atomic mass is 10.6. The van der Waals surface area contributed by atoms with E-state index in [4.69, 9.17) is 57.7 Å². The van der Waals surface area contributed by atoms with Crippen molar-refractivity contribution in [3.8, 4) is 0 Å². The third-order valence-corrected chi connectivity index (χ3v) is 1.10. The number of phosphoric acid groups is 3. The standard InChI is InChI=1S/C5H4N4.3H3O4P/c1-4-5(8-2-6-1)9-3-7-4;3*1-5(2,3)4/h1-3H,(H,6,7,8,9);3*(H3,1,2,3,4). The number of hydrogen-bond acceptors (Lipinski definition) is 6. The summed E-state index contributed by atoms with van der Waals surface area (Å²) in [6.07, 6.45) is 4.76. The zero-order chi connectivity index (χ0) is 19.6. The molecule has 0 spiro atoms. The lowest BCUT2D eigenvalue weighted by molar-refractivity contribution is 0.272. The van der Waals surface area contributed by atoms with Crippen LogP contribution in [0.15, 0.2) is 18.9 Å². The third-order valence-electron chi connectivity index (χ3n) is 1.10. The summed E-state index contributed by atoms with van der Waals surface area (Å²) >= 11 is 0. The molecule has 19 heteroatoms. The molecule has 0 unspecified atom stereocenters. The predicted octanol–water partition coefficient (Wildman–Crippen LogP) is -2.43. The van der Waals surface area contributed by atoms with Gasteiger partial charge < -0.3 is 49.0 Å². The Hall–Kier alpha value is -1.12. The summed E-state index contributed by atoms with van der Waals surface area (Å²) in [7, 11) is -13.9. The lowest BCUT2D eigenvalue weighted by Gasteiger charge is -1.82. The van der Waals surface area contributed by atoms with E-state index in [2.05, 4.69) is 19.9 Å². The van der Waals surface area contributed by atoms with Crippen LogP contribution in [0.5, 0.6) is 0 Å². The third kappa shape index (κ3) is 32.7. The van der Waals surface area contributed by atoms with E-state index in [9.17, 15) is 0 Å². The second kappa shape index (κ2) is 10.7. The zero-order valence-electron chi connectivity index (χ0n) is 11.2. The topological polar surface area (TPSA) is 288 Å².